The van der Waals surface area contributed by atoms with Gasteiger partial charge in [0, 0.05) is 19.1 Å². The molecule has 0 radical (unpaired) electrons. The zero-order valence-corrected chi connectivity index (χ0v) is 13.7. The Bertz CT molecular complexity index is 442. The highest BCUT2D eigenvalue weighted by Gasteiger charge is 2.62. The maximum atomic E-state index is 12.4. The topological polar surface area (TPSA) is 49.4 Å². The summed E-state index contributed by atoms with van der Waals surface area (Å²) in [6.45, 7) is 11.7. The van der Waals surface area contributed by atoms with Crippen LogP contribution in [-0.4, -0.2) is 31.9 Å². The Morgan fingerprint density at radius 1 is 1.21 bits per heavy atom. The largest absolute Gasteiger partial charge is 0.279 e. The first-order chi connectivity index (χ1) is 8.69. The summed E-state index contributed by atoms with van der Waals surface area (Å²) >= 11 is 0. The Labute approximate surface area is 118 Å². The first-order valence-corrected chi connectivity index (χ1v) is 8.90. The van der Waals surface area contributed by atoms with Crippen LogP contribution in [0.4, 0.5) is 0 Å². The Morgan fingerprint density at radius 2 is 1.79 bits per heavy atom. The van der Waals surface area contributed by atoms with Gasteiger partial charge in [0.05, 0.1) is 0 Å². The van der Waals surface area contributed by atoms with Crippen LogP contribution in [0, 0.1) is 16.7 Å². The van der Waals surface area contributed by atoms with Crippen molar-refractivity contribution in [2.24, 2.45) is 16.7 Å². The fraction of sp³-hybridized carbons (Fsp3) is 1.00. The normalized spacial score (nSPS) is 37.2. The van der Waals surface area contributed by atoms with Gasteiger partial charge in [-0.3, -0.25) is 0 Å². The summed E-state index contributed by atoms with van der Waals surface area (Å²) in [5.74, 6) is 0.655. The second kappa shape index (κ2) is 4.71. The van der Waals surface area contributed by atoms with E-state index in [1.165, 1.54) is 10.7 Å². The lowest BCUT2D eigenvalue weighted by Crippen LogP contribution is -2.51. The van der Waals surface area contributed by atoms with Crippen LogP contribution in [0.15, 0.2) is 0 Å². The van der Waals surface area contributed by atoms with Crippen molar-refractivity contribution < 1.29 is 8.42 Å². The Hall–Kier alpha value is -0.130. The van der Waals surface area contributed by atoms with Crippen LogP contribution >= 0.6 is 0 Å². The van der Waals surface area contributed by atoms with Gasteiger partial charge in [-0.25, -0.2) is 0 Å². The number of rotatable bonds is 5. The molecule has 0 spiro atoms. The van der Waals surface area contributed by atoms with E-state index in [2.05, 4.69) is 25.5 Å². The van der Waals surface area contributed by atoms with E-state index in [0.29, 0.717) is 19.0 Å². The van der Waals surface area contributed by atoms with Crippen LogP contribution in [0.5, 0.6) is 0 Å². The lowest BCUT2D eigenvalue weighted by Gasteiger charge is -2.39. The van der Waals surface area contributed by atoms with Gasteiger partial charge in [-0.15, -0.1) is 0 Å². The van der Waals surface area contributed by atoms with E-state index < -0.39 is 10.2 Å². The van der Waals surface area contributed by atoms with Crippen LogP contribution in [0.2, 0.25) is 0 Å². The minimum atomic E-state index is -3.33. The van der Waals surface area contributed by atoms with E-state index in [1.54, 1.807) is 0 Å². The van der Waals surface area contributed by atoms with Crippen molar-refractivity contribution in [2.45, 2.75) is 59.9 Å². The molecule has 2 saturated carbocycles. The third kappa shape index (κ3) is 2.14. The first-order valence-electron chi connectivity index (χ1n) is 7.46. The van der Waals surface area contributed by atoms with Crippen LogP contribution < -0.4 is 4.72 Å². The van der Waals surface area contributed by atoms with E-state index in [1.807, 2.05) is 13.8 Å². The molecular weight excluding hydrogens is 260 g/mol. The van der Waals surface area contributed by atoms with Crippen molar-refractivity contribution in [1.82, 2.24) is 9.03 Å². The van der Waals surface area contributed by atoms with E-state index in [0.717, 1.165) is 12.8 Å². The summed E-state index contributed by atoms with van der Waals surface area (Å²) in [6, 6.07) is 0.0897. The molecule has 3 atom stereocenters. The highest BCUT2D eigenvalue weighted by atomic mass is 32.2. The summed E-state index contributed by atoms with van der Waals surface area (Å²) in [5, 5.41) is 0. The Morgan fingerprint density at radius 3 is 2.16 bits per heavy atom. The van der Waals surface area contributed by atoms with Crippen molar-refractivity contribution in [2.75, 3.05) is 13.1 Å². The number of hydrogen-bond acceptors (Lipinski definition) is 2. The molecule has 2 rings (SSSR count). The summed E-state index contributed by atoms with van der Waals surface area (Å²) in [5.41, 5.74) is 0.335. The minimum absolute atomic E-state index is 0.0897. The van der Waals surface area contributed by atoms with Gasteiger partial charge in [0.25, 0.3) is 10.2 Å². The highest BCUT2D eigenvalue weighted by molar-refractivity contribution is 7.87. The van der Waals surface area contributed by atoms with Crippen molar-refractivity contribution >= 4 is 10.2 Å². The molecule has 0 aromatic rings. The molecule has 112 valence electrons. The number of nitrogens with one attached hydrogen (secondary N) is 1. The summed E-state index contributed by atoms with van der Waals surface area (Å²) < 4.78 is 29.3. The first kappa shape index (κ1) is 15.3. The number of nitrogens with zero attached hydrogens (tertiary/aromatic N) is 1. The van der Waals surface area contributed by atoms with E-state index in [9.17, 15) is 8.42 Å². The Balaban J connectivity index is 2.18. The fourth-order valence-electron chi connectivity index (χ4n) is 4.20. The zero-order valence-electron chi connectivity index (χ0n) is 12.9. The smallest absolute Gasteiger partial charge is 0.198 e. The Kier molecular flexibility index (Phi) is 3.78. The van der Waals surface area contributed by atoms with Gasteiger partial charge >= 0.3 is 0 Å². The lowest BCUT2D eigenvalue weighted by atomic mass is 9.69. The predicted molar refractivity (Wildman–Crippen MR) is 78.0 cm³/mol. The summed E-state index contributed by atoms with van der Waals surface area (Å²) in [6.07, 6.45) is 3.37. The molecule has 0 saturated heterocycles. The van der Waals surface area contributed by atoms with Crippen LogP contribution in [0.1, 0.15) is 53.9 Å². The van der Waals surface area contributed by atoms with E-state index >= 15 is 0 Å². The van der Waals surface area contributed by atoms with Gasteiger partial charge in [0.15, 0.2) is 0 Å². The maximum Gasteiger partial charge on any atom is 0.279 e. The highest BCUT2D eigenvalue weighted by Crippen LogP contribution is 2.65. The molecule has 2 bridgehead atoms. The molecule has 19 heavy (non-hydrogen) atoms. The van der Waals surface area contributed by atoms with Gasteiger partial charge < -0.3 is 0 Å². The molecule has 0 aliphatic heterocycles. The average Bonchev–Trinajstić information content (AvgIpc) is 2.62. The van der Waals surface area contributed by atoms with Crippen LogP contribution in [0.25, 0.3) is 0 Å². The molecule has 5 heteroatoms. The van der Waals surface area contributed by atoms with Crippen LogP contribution in [-0.2, 0) is 10.2 Å². The third-order valence-electron chi connectivity index (χ3n) is 6.13. The quantitative estimate of drug-likeness (QED) is 0.844. The van der Waals surface area contributed by atoms with Gasteiger partial charge in [-0.1, -0.05) is 34.6 Å². The van der Waals surface area contributed by atoms with Gasteiger partial charge in [0.2, 0.25) is 0 Å². The molecule has 0 amide bonds. The molecule has 0 heterocycles. The number of hydrogen-bond donors (Lipinski definition) is 1. The molecule has 0 aromatic heterocycles. The van der Waals surface area contributed by atoms with Crippen molar-refractivity contribution in [3.8, 4) is 0 Å². The molecule has 1 N–H and O–H groups in total. The predicted octanol–water partition coefficient (Wildman–Crippen LogP) is 2.38. The fourth-order valence-corrected chi connectivity index (χ4v) is 5.74. The standard InChI is InChI=1S/C14H28N2O2S/c1-6-16(7-2)19(17,18)15-12-10-11-8-9-14(12,5)13(11,3)4/h11-12,15H,6-10H2,1-5H3/t11-,12+,14-/m1/s1. The number of fused-ring (bicyclic) bond motifs is 2. The zero-order chi connectivity index (χ0) is 14.5. The van der Waals surface area contributed by atoms with Crippen molar-refractivity contribution in [1.29, 1.82) is 0 Å². The second-order valence-corrected chi connectivity index (χ2v) is 8.57. The van der Waals surface area contributed by atoms with Crippen molar-refractivity contribution in [3.05, 3.63) is 0 Å². The molecule has 2 aliphatic rings. The lowest BCUT2D eigenvalue weighted by molar-refractivity contribution is 0.129. The summed E-state index contributed by atoms with van der Waals surface area (Å²) in [7, 11) is -3.33. The molecule has 2 aliphatic carbocycles. The van der Waals surface area contributed by atoms with Crippen molar-refractivity contribution in [3.63, 3.8) is 0 Å². The molecule has 2 fully saturated rings. The third-order valence-corrected chi connectivity index (χ3v) is 7.91. The van der Waals surface area contributed by atoms with E-state index in [-0.39, 0.29) is 16.9 Å². The molecular formula is C14H28N2O2S. The molecule has 4 nitrogen and oxygen atoms in total. The van der Waals surface area contributed by atoms with Gasteiger partial charge in [-0.2, -0.15) is 17.4 Å². The van der Waals surface area contributed by atoms with Gasteiger partial charge in [0.1, 0.15) is 0 Å². The molecule has 0 aromatic carbocycles. The van der Waals surface area contributed by atoms with E-state index in [4.69, 9.17) is 0 Å². The van der Waals surface area contributed by atoms with Crippen LogP contribution in [0.3, 0.4) is 0 Å². The SMILES string of the molecule is CCN(CC)S(=O)(=O)N[C@H]1C[C@H]2CC[C@@]1(C)C2(C)C. The van der Waals surface area contributed by atoms with Gasteiger partial charge in [-0.05, 0) is 36.0 Å². The maximum absolute atomic E-state index is 12.4. The average molecular weight is 288 g/mol. The molecule has 0 unspecified atom stereocenters. The summed E-state index contributed by atoms with van der Waals surface area (Å²) in [4.78, 5) is 0. The second-order valence-electron chi connectivity index (χ2n) is 6.87. The monoisotopic (exact) mass is 288 g/mol. The minimum Gasteiger partial charge on any atom is -0.198 e.